The molecule has 0 aliphatic carbocycles. The third-order valence-corrected chi connectivity index (χ3v) is 5.04. The predicted molar refractivity (Wildman–Crippen MR) is 91.4 cm³/mol. The van der Waals surface area contributed by atoms with Crippen LogP contribution in [-0.4, -0.2) is 22.2 Å². The van der Waals surface area contributed by atoms with Crippen molar-refractivity contribution in [2.75, 3.05) is 12.8 Å². The summed E-state index contributed by atoms with van der Waals surface area (Å²) in [7, 11) is 0. The summed E-state index contributed by atoms with van der Waals surface area (Å²) in [4.78, 5) is 7.06. The number of hydrogen-bond donors (Lipinski definition) is 1. The van der Waals surface area contributed by atoms with Crippen LogP contribution in [0, 0.1) is 0 Å². The largest absolute Gasteiger partial charge is 0.310 e. The van der Waals surface area contributed by atoms with Crippen LogP contribution in [0.4, 0.5) is 0 Å². The monoisotopic (exact) mass is 317 g/mol. The average molecular weight is 317 g/mol. The highest BCUT2D eigenvalue weighted by atomic mass is 32.2. The maximum Gasteiger partial charge on any atom is 0.193 e. The normalized spacial score (nSPS) is 12.9. The highest BCUT2D eigenvalue weighted by Gasteiger charge is 2.13. The van der Waals surface area contributed by atoms with E-state index >= 15 is 0 Å². The molecule has 0 radical (unpaired) electrons. The maximum atomic E-state index is 4.69. The van der Waals surface area contributed by atoms with E-state index < -0.39 is 0 Å². The number of benzene rings is 1. The molecule has 0 bridgehead atoms. The first-order chi connectivity index (χ1) is 10.3. The molecule has 3 aromatic rings. The third-order valence-electron chi connectivity index (χ3n) is 3.53. The summed E-state index contributed by atoms with van der Waals surface area (Å²) < 4.78 is 2.10. The summed E-state index contributed by atoms with van der Waals surface area (Å²) in [5, 5.41) is 5.63. The number of rotatable bonds is 6. The van der Waals surface area contributed by atoms with Gasteiger partial charge in [-0.1, -0.05) is 19.1 Å². The van der Waals surface area contributed by atoms with Crippen molar-refractivity contribution in [1.29, 1.82) is 0 Å². The van der Waals surface area contributed by atoms with Gasteiger partial charge in [-0.15, -0.1) is 23.1 Å². The molecular formula is C16H19N3S2. The first-order valence-electron chi connectivity index (χ1n) is 7.08. The Kier molecular flexibility index (Phi) is 4.63. The summed E-state index contributed by atoms with van der Waals surface area (Å²) in [5.74, 6) is 0. The van der Waals surface area contributed by atoms with Gasteiger partial charge in [0.15, 0.2) is 4.96 Å². The van der Waals surface area contributed by atoms with Crippen molar-refractivity contribution in [2.24, 2.45) is 0 Å². The van der Waals surface area contributed by atoms with Crippen molar-refractivity contribution in [3.63, 3.8) is 0 Å². The lowest BCUT2D eigenvalue weighted by Crippen LogP contribution is -2.23. The summed E-state index contributed by atoms with van der Waals surface area (Å²) in [6.45, 7) is 3.10. The predicted octanol–water partition coefficient (Wildman–Crippen LogP) is 4.01. The number of hydrogen-bond acceptors (Lipinski definition) is 4. The molecule has 21 heavy (non-hydrogen) atoms. The molecular weight excluding hydrogens is 298 g/mol. The fraction of sp³-hybridized carbons (Fsp3) is 0.312. The van der Waals surface area contributed by atoms with Gasteiger partial charge in [-0.3, -0.25) is 4.40 Å². The highest BCUT2D eigenvalue weighted by Crippen LogP contribution is 2.22. The van der Waals surface area contributed by atoms with Crippen LogP contribution >= 0.6 is 23.1 Å². The zero-order valence-corrected chi connectivity index (χ0v) is 13.9. The minimum atomic E-state index is 0.315. The minimum Gasteiger partial charge on any atom is -0.310 e. The van der Waals surface area contributed by atoms with Crippen LogP contribution in [0.1, 0.15) is 24.2 Å². The van der Waals surface area contributed by atoms with Crippen LogP contribution in [0.3, 0.4) is 0 Å². The molecule has 1 N–H and O–H groups in total. The van der Waals surface area contributed by atoms with Gasteiger partial charge in [0.2, 0.25) is 0 Å². The van der Waals surface area contributed by atoms with Gasteiger partial charge in [-0.05, 0) is 30.5 Å². The second-order valence-corrected chi connectivity index (χ2v) is 6.67. The zero-order valence-electron chi connectivity index (χ0n) is 12.2. The number of aromatic nitrogens is 2. The van der Waals surface area contributed by atoms with Crippen molar-refractivity contribution in [2.45, 2.75) is 24.3 Å². The Morgan fingerprint density at radius 3 is 2.81 bits per heavy atom. The van der Waals surface area contributed by atoms with Crippen molar-refractivity contribution < 1.29 is 0 Å². The molecule has 0 saturated carbocycles. The first-order valence-corrected chi connectivity index (χ1v) is 9.19. The van der Waals surface area contributed by atoms with Crippen LogP contribution in [0.25, 0.3) is 4.96 Å². The fourth-order valence-electron chi connectivity index (χ4n) is 2.47. The number of thioether (sulfide) groups is 1. The summed E-state index contributed by atoms with van der Waals surface area (Å²) >= 11 is 3.45. The molecule has 2 aromatic heterocycles. The number of nitrogens with one attached hydrogen (secondary N) is 1. The molecule has 0 aliphatic heterocycles. The molecule has 0 fully saturated rings. The topological polar surface area (TPSA) is 29.3 Å². The third kappa shape index (κ3) is 3.31. The highest BCUT2D eigenvalue weighted by molar-refractivity contribution is 7.98. The van der Waals surface area contributed by atoms with Crippen molar-refractivity contribution in [3.05, 3.63) is 53.3 Å². The summed E-state index contributed by atoms with van der Waals surface area (Å²) in [6, 6.07) is 9.14. The Labute approximate surface area is 133 Å². The van der Waals surface area contributed by atoms with Gasteiger partial charge in [0.1, 0.15) is 0 Å². The Morgan fingerprint density at radius 1 is 1.33 bits per heavy atom. The molecule has 1 atom stereocenters. The van der Waals surface area contributed by atoms with Gasteiger partial charge in [0.05, 0.1) is 5.69 Å². The Hall–Kier alpha value is -1.30. The van der Waals surface area contributed by atoms with Crippen LogP contribution in [0.5, 0.6) is 0 Å². The van der Waals surface area contributed by atoms with Crippen LogP contribution < -0.4 is 5.32 Å². The summed E-state index contributed by atoms with van der Waals surface area (Å²) in [6.07, 6.45) is 7.22. The van der Waals surface area contributed by atoms with Gasteiger partial charge in [-0.2, -0.15) is 0 Å². The Morgan fingerprint density at radius 2 is 2.14 bits per heavy atom. The molecule has 110 valence electrons. The molecule has 2 heterocycles. The number of nitrogens with zero attached hydrogens (tertiary/aromatic N) is 2. The van der Waals surface area contributed by atoms with Crippen molar-refractivity contribution >= 4 is 28.1 Å². The smallest absolute Gasteiger partial charge is 0.193 e. The SMILES string of the molecule is CCNC(Cc1cn2ccsc2n1)c1ccc(SC)cc1. The van der Waals surface area contributed by atoms with Crippen LogP contribution in [-0.2, 0) is 6.42 Å². The van der Waals surface area contributed by atoms with Crippen molar-refractivity contribution in [3.8, 4) is 0 Å². The lowest BCUT2D eigenvalue weighted by molar-refractivity contribution is 0.545. The van der Waals surface area contributed by atoms with E-state index in [-0.39, 0.29) is 0 Å². The van der Waals surface area contributed by atoms with Gasteiger partial charge in [0, 0.05) is 35.1 Å². The average Bonchev–Trinajstić information content (AvgIpc) is 3.08. The Balaban J connectivity index is 1.81. The molecule has 3 rings (SSSR count). The molecule has 5 heteroatoms. The molecule has 1 aromatic carbocycles. The van der Waals surface area contributed by atoms with E-state index in [2.05, 4.69) is 64.9 Å². The van der Waals surface area contributed by atoms with E-state index in [9.17, 15) is 0 Å². The molecule has 1 unspecified atom stereocenters. The molecule has 0 aliphatic rings. The van der Waals surface area contributed by atoms with Gasteiger partial charge >= 0.3 is 0 Å². The lowest BCUT2D eigenvalue weighted by atomic mass is 10.0. The zero-order chi connectivity index (χ0) is 14.7. The molecule has 0 amide bonds. The molecule has 0 saturated heterocycles. The molecule has 0 spiro atoms. The summed E-state index contributed by atoms with van der Waals surface area (Å²) in [5.41, 5.74) is 2.47. The van der Waals surface area contributed by atoms with Crippen LogP contribution in [0.15, 0.2) is 46.9 Å². The van der Waals surface area contributed by atoms with Gasteiger partial charge < -0.3 is 5.32 Å². The fourth-order valence-corrected chi connectivity index (χ4v) is 3.60. The number of imidazole rings is 1. The maximum absolute atomic E-state index is 4.69. The Bertz CT molecular complexity index is 671. The van der Waals surface area contributed by atoms with Crippen LogP contribution in [0.2, 0.25) is 0 Å². The van der Waals surface area contributed by atoms with E-state index in [0.29, 0.717) is 6.04 Å². The number of thiazole rings is 1. The van der Waals surface area contributed by atoms with E-state index in [4.69, 9.17) is 4.98 Å². The van der Waals surface area contributed by atoms with Gasteiger partial charge in [-0.25, -0.2) is 4.98 Å². The minimum absolute atomic E-state index is 0.315. The van der Waals surface area contributed by atoms with E-state index in [1.807, 2.05) is 0 Å². The first kappa shape index (κ1) is 14.6. The quantitative estimate of drug-likeness (QED) is 0.697. The second-order valence-electron chi connectivity index (χ2n) is 4.91. The standard InChI is InChI=1S/C16H19N3S2/c1-3-17-15(12-4-6-14(20-2)7-5-12)10-13-11-19-8-9-21-16(19)18-13/h4-9,11,15,17H,3,10H2,1-2H3. The number of likely N-dealkylation sites (N-methyl/N-ethyl adjacent to an activating group) is 1. The van der Waals surface area contributed by atoms with Gasteiger partial charge in [0.25, 0.3) is 0 Å². The van der Waals surface area contributed by atoms with E-state index in [1.165, 1.54) is 10.5 Å². The van der Waals surface area contributed by atoms with E-state index in [1.54, 1.807) is 23.1 Å². The van der Waals surface area contributed by atoms with Crippen molar-refractivity contribution in [1.82, 2.24) is 14.7 Å². The molecule has 3 nitrogen and oxygen atoms in total. The second kappa shape index (κ2) is 6.64. The number of fused-ring (bicyclic) bond motifs is 1. The van der Waals surface area contributed by atoms with E-state index in [0.717, 1.165) is 23.6 Å². The lowest BCUT2D eigenvalue weighted by Gasteiger charge is -2.17.